The van der Waals surface area contributed by atoms with Crippen molar-refractivity contribution in [2.24, 2.45) is 0 Å². The van der Waals surface area contributed by atoms with Crippen molar-refractivity contribution in [2.75, 3.05) is 0 Å². The molecule has 4 nitrogen and oxygen atoms in total. The van der Waals surface area contributed by atoms with Crippen LogP contribution in [0.4, 0.5) is 4.39 Å². The van der Waals surface area contributed by atoms with Crippen LogP contribution in [0.15, 0.2) is 36.5 Å². The third kappa shape index (κ3) is 5.94. The van der Waals surface area contributed by atoms with Crippen molar-refractivity contribution in [3.63, 3.8) is 0 Å². The first kappa shape index (κ1) is 19.1. The van der Waals surface area contributed by atoms with Crippen LogP contribution in [-0.4, -0.2) is 22.2 Å². The molecule has 0 bridgehead atoms. The largest absolute Gasteiger partial charge is 0.346 e. The fourth-order valence-corrected chi connectivity index (χ4v) is 2.49. The minimum atomic E-state index is -0.460. The average Bonchev–Trinajstić information content (AvgIpc) is 2.49. The number of ketones is 1. The lowest BCUT2D eigenvalue weighted by atomic mass is 10.0. The number of pyridine rings is 1. The van der Waals surface area contributed by atoms with Crippen LogP contribution in [0.2, 0.25) is 5.02 Å². The Labute approximate surface area is 151 Å². The molecule has 0 unspecified atom stereocenters. The van der Waals surface area contributed by atoms with Crippen molar-refractivity contribution in [1.82, 2.24) is 10.3 Å². The summed E-state index contributed by atoms with van der Waals surface area (Å²) in [5.41, 5.74) is 0.780. The quantitative estimate of drug-likeness (QED) is 0.881. The highest BCUT2D eigenvalue weighted by Crippen LogP contribution is 2.16. The first-order valence-corrected chi connectivity index (χ1v) is 8.25. The van der Waals surface area contributed by atoms with Gasteiger partial charge in [0.15, 0.2) is 0 Å². The van der Waals surface area contributed by atoms with Crippen LogP contribution in [0.1, 0.15) is 42.4 Å². The van der Waals surface area contributed by atoms with Crippen LogP contribution in [0.25, 0.3) is 0 Å². The van der Waals surface area contributed by atoms with Gasteiger partial charge >= 0.3 is 0 Å². The zero-order chi connectivity index (χ0) is 18.6. The molecule has 0 aliphatic heterocycles. The first-order valence-electron chi connectivity index (χ1n) is 7.87. The van der Waals surface area contributed by atoms with Crippen LogP contribution < -0.4 is 5.32 Å². The Bertz CT molecular complexity index is 800. The molecule has 0 aliphatic rings. The summed E-state index contributed by atoms with van der Waals surface area (Å²) in [7, 11) is 0. The first-order chi connectivity index (χ1) is 11.6. The third-order valence-electron chi connectivity index (χ3n) is 3.34. The highest BCUT2D eigenvalue weighted by Gasteiger charge is 2.17. The summed E-state index contributed by atoms with van der Waals surface area (Å²) in [6.45, 7) is 5.62. The van der Waals surface area contributed by atoms with Crippen LogP contribution in [0.5, 0.6) is 0 Å². The number of carbonyl (C=O) groups is 2. The van der Waals surface area contributed by atoms with E-state index in [1.54, 1.807) is 12.1 Å². The van der Waals surface area contributed by atoms with E-state index < -0.39 is 5.82 Å². The molecule has 1 amide bonds. The number of nitrogens with one attached hydrogen (secondary N) is 1. The summed E-state index contributed by atoms with van der Waals surface area (Å²) < 4.78 is 13.7. The van der Waals surface area contributed by atoms with E-state index in [4.69, 9.17) is 11.6 Å². The second kappa shape index (κ2) is 7.74. The van der Waals surface area contributed by atoms with Crippen molar-refractivity contribution >= 4 is 23.3 Å². The Hall–Kier alpha value is -2.27. The summed E-state index contributed by atoms with van der Waals surface area (Å²) in [6, 6.07) is 7.37. The maximum atomic E-state index is 13.7. The highest BCUT2D eigenvalue weighted by atomic mass is 35.5. The number of hydrogen-bond acceptors (Lipinski definition) is 3. The van der Waals surface area contributed by atoms with Crippen molar-refractivity contribution in [3.05, 3.63) is 64.2 Å². The number of carbonyl (C=O) groups excluding carboxylic acids is 2. The molecule has 1 aromatic carbocycles. The molecule has 0 radical (unpaired) electrons. The van der Waals surface area contributed by atoms with Crippen molar-refractivity contribution < 1.29 is 14.0 Å². The van der Waals surface area contributed by atoms with E-state index >= 15 is 0 Å². The van der Waals surface area contributed by atoms with Gasteiger partial charge in [-0.05, 0) is 62.2 Å². The van der Waals surface area contributed by atoms with Gasteiger partial charge < -0.3 is 5.32 Å². The number of hydrogen-bond donors (Lipinski definition) is 1. The fourth-order valence-electron chi connectivity index (χ4n) is 2.29. The minimum absolute atomic E-state index is 0.0573. The van der Waals surface area contributed by atoms with Crippen molar-refractivity contribution in [1.29, 1.82) is 0 Å². The van der Waals surface area contributed by atoms with E-state index in [-0.39, 0.29) is 41.3 Å². The van der Waals surface area contributed by atoms with E-state index in [0.29, 0.717) is 10.6 Å². The monoisotopic (exact) mass is 362 g/mol. The Kier molecular flexibility index (Phi) is 5.90. The predicted molar refractivity (Wildman–Crippen MR) is 95.3 cm³/mol. The SMILES string of the molecule is CC(C)(C)NC(=O)c1cc(CC(=O)Cc2cc(Cl)ccc2F)ccn1. The van der Waals surface area contributed by atoms with Crippen LogP contribution in [0.3, 0.4) is 0 Å². The second-order valence-corrected chi connectivity index (χ2v) is 7.32. The van der Waals surface area contributed by atoms with E-state index in [1.165, 1.54) is 24.4 Å². The Morgan fingerprint density at radius 3 is 2.56 bits per heavy atom. The zero-order valence-corrected chi connectivity index (χ0v) is 15.2. The molecule has 0 saturated carbocycles. The molecular formula is C19H20ClFN2O2. The van der Waals surface area contributed by atoms with Gasteiger partial charge in [-0.1, -0.05) is 11.6 Å². The summed E-state index contributed by atoms with van der Waals surface area (Å²) >= 11 is 5.84. The molecule has 0 saturated heterocycles. The van der Waals surface area contributed by atoms with Gasteiger partial charge in [0, 0.05) is 29.6 Å². The smallest absolute Gasteiger partial charge is 0.270 e. The van der Waals surface area contributed by atoms with Gasteiger partial charge in [-0.2, -0.15) is 0 Å². The lowest BCUT2D eigenvalue weighted by Gasteiger charge is -2.20. The number of amides is 1. The number of benzene rings is 1. The van der Waals surface area contributed by atoms with Crippen molar-refractivity contribution in [3.8, 4) is 0 Å². The zero-order valence-electron chi connectivity index (χ0n) is 14.4. The summed E-state index contributed by atoms with van der Waals surface area (Å²) in [5.74, 6) is -0.935. The molecule has 2 rings (SSSR count). The van der Waals surface area contributed by atoms with Gasteiger partial charge in [0.05, 0.1) is 0 Å². The molecule has 2 aromatic rings. The second-order valence-electron chi connectivity index (χ2n) is 6.88. The molecule has 25 heavy (non-hydrogen) atoms. The number of rotatable bonds is 5. The van der Waals surface area contributed by atoms with E-state index in [0.717, 1.165) is 0 Å². The van der Waals surface area contributed by atoms with Crippen LogP contribution >= 0.6 is 11.6 Å². The van der Waals surface area contributed by atoms with Gasteiger partial charge in [0.2, 0.25) is 0 Å². The fraction of sp³-hybridized carbons (Fsp3) is 0.316. The van der Waals surface area contributed by atoms with Gasteiger partial charge in [0.1, 0.15) is 17.3 Å². The summed E-state index contributed by atoms with van der Waals surface area (Å²) in [6.07, 6.45) is 1.52. The van der Waals surface area contributed by atoms with Crippen LogP contribution in [0, 0.1) is 5.82 Å². The van der Waals surface area contributed by atoms with E-state index in [1.807, 2.05) is 20.8 Å². The highest BCUT2D eigenvalue weighted by molar-refractivity contribution is 6.30. The molecular weight excluding hydrogens is 343 g/mol. The number of halogens is 2. The molecule has 0 aliphatic carbocycles. The molecule has 6 heteroatoms. The van der Waals surface area contributed by atoms with Gasteiger partial charge in [-0.3, -0.25) is 14.6 Å². The normalized spacial score (nSPS) is 11.2. The summed E-state index contributed by atoms with van der Waals surface area (Å²) in [5, 5.41) is 3.20. The molecule has 1 aromatic heterocycles. The van der Waals surface area contributed by atoms with E-state index in [2.05, 4.69) is 10.3 Å². The topological polar surface area (TPSA) is 59.1 Å². The van der Waals surface area contributed by atoms with Crippen molar-refractivity contribution in [2.45, 2.75) is 39.2 Å². The van der Waals surface area contributed by atoms with Gasteiger partial charge in [-0.15, -0.1) is 0 Å². The molecule has 132 valence electrons. The number of nitrogens with zero attached hydrogens (tertiary/aromatic N) is 1. The maximum absolute atomic E-state index is 13.7. The molecule has 1 heterocycles. The minimum Gasteiger partial charge on any atom is -0.346 e. The molecule has 0 fully saturated rings. The molecule has 1 N–H and O–H groups in total. The Morgan fingerprint density at radius 2 is 1.88 bits per heavy atom. The molecule has 0 atom stereocenters. The Balaban J connectivity index is 2.07. The standard InChI is InChI=1S/C19H20ClFN2O2/c1-19(2,3)23-18(25)17-9-12(6-7-22-17)8-15(24)11-13-10-14(20)4-5-16(13)21/h4-7,9-10H,8,11H2,1-3H3,(H,23,25). The van der Waals surface area contributed by atoms with Crippen LogP contribution in [-0.2, 0) is 17.6 Å². The Morgan fingerprint density at radius 1 is 1.16 bits per heavy atom. The number of Topliss-reactive ketones (excluding diaryl/α,β-unsaturated/α-hetero) is 1. The summed E-state index contributed by atoms with van der Waals surface area (Å²) in [4.78, 5) is 28.4. The average molecular weight is 363 g/mol. The molecule has 0 spiro atoms. The van der Waals surface area contributed by atoms with Gasteiger partial charge in [0.25, 0.3) is 5.91 Å². The third-order valence-corrected chi connectivity index (χ3v) is 3.58. The van der Waals surface area contributed by atoms with E-state index in [9.17, 15) is 14.0 Å². The lowest BCUT2D eigenvalue weighted by molar-refractivity contribution is -0.117. The number of aromatic nitrogens is 1. The maximum Gasteiger partial charge on any atom is 0.270 e. The lowest BCUT2D eigenvalue weighted by Crippen LogP contribution is -2.40. The van der Waals surface area contributed by atoms with Gasteiger partial charge in [-0.25, -0.2) is 4.39 Å². The predicted octanol–water partition coefficient (Wildman–Crippen LogP) is 3.76.